The van der Waals surface area contributed by atoms with Crippen LogP contribution in [0.2, 0.25) is 0 Å². The Labute approximate surface area is 165 Å². The van der Waals surface area contributed by atoms with E-state index in [1.54, 1.807) is 18.7 Å². The predicted octanol–water partition coefficient (Wildman–Crippen LogP) is 3.79. The fourth-order valence-electron chi connectivity index (χ4n) is 3.24. The summed E-state index contributed by atoms with van der Waals surface area (Å²) in [5.41, 5.74) is 0.219. The van der Waals surface area contributed by atoms with Gasteiger partial charge in [0.2, 0.25) is 0 Å². The van der Waals surface area contributed by atoms with Crippen molar-refractivity contribution in [3.63, 3.8) is 0 Å². The quantitative estimate of drug-likeness (QED) is 0.737. The van der Waals surface area contributed by atoms with E-state index in [-0.39, 0.29) is 23.5 Å². The topological polar surface area (TPSA) is 67.3 Å². The highest BCUT2D eigenvalue weighted by molar-refractivity contribution is 7.91. The van der Waals surface area contributed by atoms with Gasteiger partial charge in [0.15, 0.2) is 9.84 Å². The smallest absolute Gasteiger partial charge is 0.334 e. The van der Waals surface area contributed by atoms with Crippen LogP contribution >= 0.6 is 11.3 Å². The molecule has 1 aromatic carbocycles. The number of carbonyl (C=O) groups is 1. The Bertz CT molecular complexity index is 982. The highest BCUT2D eigenvalue weighted by Crippen LogP contribution is 2.33. The number of amides is 1. The number of sulfone groups is 1. The Morgan fingerprint density at radius 3 is 2.43 bits per heavy atom. The van der Waals surface area contributed by atoms with Crippen molar-refractivity contribution in [3.05, 3.63) is 40.4 Å². The molecule has 1 aliphatic heterocycles. The zero-order chi connectivity index (χ0) is 20.7. The third-order valence-corrected chi connectivity index (χ3v) is 7.65. The second-order valence-electron chi connectivity index (χ2n) is 6.66. The van der Waals surface area contributed by atoms with Crippen LogP contribution in [0.5, 0.6) is 0 Å². The Morgan fingerprint density at radius 1 is 1.29 bits per heavy atom. The third-order valence-electron chi connectivity index (χ3n) is 4.70. The summed E-state index contributed by atoms with van der Waals surface area (Å²) in [4.78, 5) is 19.2. The lowest BCUT2D eigenvalue weighted by atomic mass is 10.1. The molecule has 0 saturated carbocycles. The van der Waals surface area contributed by atoms with Gasteiger partial charge < -0.3 is 4.90 Å². The number of benzene rings is 1. The Hall–Kier alpha value is -1.94. The lowest BCUT2D eigenvalue weighted by Crippen LogP contribution is -2.40. The van der Waals surface area contributed by atoms with Crippen molar-refractivity contribution in [1.29, 1.82) is 0 Å². The van der Waals surface area contributed by atoms with Crippen LogP contribution in [0.1, 0.15) is 34.3 Å². The summed E-state index contributed by atoms with van der Waals surface area (Å²) in [7, 11) is -3.13. The van der Waals surface area contributed by atoms with Gasteiger partial charge in [0.1, 0.15) is 9.88 Å². The maximum Gasteiger partial charge on any atom is 0.416 e. The van der Waals surface area contributed by atoms with Gasteiger partial charge in [-0.1, -0.05) is 12.1 Å². The third kappa shape index (κ3) is 4.22. The molecular formula is C18H19F3N2O3S2. The summed E-state index contributed by atoms with van der Waals surface area (Å²) < 4.78 is 61.7. The average Bonchev–Trinajstić information content (AvgIpc) is 3.17. The molecule has 5 nitrogen and oxygen atoms in total. The highest BCUT2D eigenvalue weighted by Gasteiger charge is 2.35. The number of nitrogens with zero attached hydrogens (tertiary/aromatic N) is 2. The van der Waals surface area contributed by atoms with Crippen molar-refractivity contribution in [3.8, 4) is 10.6 Å². The van der Waals surface area contributed by atoms with E-state index >= 15 is 0 Å². The minimum atomic E-state index is -4.41. The predicted molar refractivity (Wildman–Crippen MR) is 101 cm³/mol. The van der Waals surface area contributed by atoms with Crippen molar-refractivity contribution in [2.24, 2.45) is 0 Å². The van der Waals surface area contributed by atoms with Gasteiger partial charge in [0, 0.05) is 18.2 Å². The van der Waals surface area contributed by atoms with Crippen molar-refractivity contribution in [2.75, 3.05) is 18.1 Å². The SMILES string of the molecule is CCN(C(=O)c1sc(-c2ccc(C(F)(F)F)cc2)nc1C)[C@H]1CCS(=O)(=O)C1. The van der Waals surface area contributed by atoms with Crippen molar-refractivity contribution in [2.45, 2.75) is 32.5 Å². The van der Waals surface area contributed by atoms with E-state index in [0.29, 0.717) is 34.1 Å². The van der Waals surface area contributed by atoms with Gasteiger partial charge in [0.25, 0.3) is 5.91 Å². The molecule has 152 valence electrons. The normalized spacial score (nSPS) is 19.0. The second kappa shape index (κ2) is 7.47. The van der Waals surface area contributed by atoms with Crippen LogP contribution in [-0.2, 0) is 16.0 Å². The maximum atomic E-state index is 13.0. The van der Waals surface area contributed by atoms with E-state index in [4.69, 9.17) is 0 Å². The number of alkyl halides is 3. The minimum absolute atomic E-state index is 0.0454. The van der Waals surface area contributed by atoms with Crippen LogP contribution < -0.4 is 0 Å². The molecule has 0 spiro atoms. The van der Waals surface area contributed by atoms with Gasteiger partial charge in [-0.15, -0.1) is 11.3 Å². The number of halogens is 3. The molecule has 0 bridgehead atoms. The van der Waals surface area contributed by atoms with E-state index in [1.807, 2.05) is 0 Å². The molecule has 0 unspecified atom stereocenters. The average molecular weight is 432 g/mol. The molecule has 0 aliphatic carbocycles. The van der Waals surface area contributed by atoms with Crippen LogP contribution in [0.3, 0.4) is 0 Å². The minimum Gasteiger partial charge on any atom is -0.334 e. The molecule has 28 heavy (non-hydrogen) atoms. The number of aromatic nitrogens is 1. The van der Waals surface area contributed by atoms with Gasteiger partial charge in [-0.3, -0.25) is 4.79 Å². The standard InChI is InChI=1S/C18H19F3N2O3S2/c1-3-23(14-8-9-28(25,26)10-14)17(24)15-11(2)22-16(27-15)12-4-6-13(7-5-12)18(19,20)21/h4-7,14H,3,8-10H2,1-2H3/t14-/m0/s1. The van der Waals surface area contributed by atoms with Crippen LogP contribution in [-0.4, -0.2) is 48.3 Å². The zero-order valence-electron chi connectivity index (χ0n) is 15.3. The monoisotopic (exact) mass is 432 g/mol. The largest absolute Gasteiger partial charge is 0.416 e. The van der Waals surface area contributed by atoms with Gasteiger partial charge in [-0.05, 0) is 32.4 Å². The van der Waals surface area contributed by atoms with Crippen LogP contribution in [0.4, 0.5) is 13.2 Å². The molecule has 1 aliphatic rings. The number of aryl methyl sites for hydroxylation is 1. The first-order valence-electron chi connectivity index (χ1n) is 8.68. The van der Waals surface area contributed by atoms with E-state index < -0.39 is 21.6 Å². The van der Waals surface area contributed by atoms with Gasteiger partial charge in [-0.2, -0.15) is 13.2 Å². The van der Waals surface area contributed by atoms with Crippen molar-refractivity contribution in [1.82, 2.24) is 9.88 Å². The van der Waals surface area contributed by atoms with Gasteiger partial charge in [-0.25, -0.2) is 13.4 Å². The number of hydrogen-bond donors (Lipinski definition) is 0. The summed E-state index contributed by atoms with van der Waals surface area (Å²) in [5.74, 6) is -0.270. The van der Waals surface area contributed by atoms with E-state index in [9.17, 15) is 26.4 Å². The number of carbonyl (C=O) groups excluding carboxylic acids is 1. The summed E-state index contributed by atoms with van der Waals surface area (Å²) >= 11 is 1.10. The zero-order valence-corrected chi connectivity index (χ0v) is 16.9. The summed E-state index contributed by atoms with van der Waals surface area (Å²) in [6.07, 6.45) is -4.01. The molecule has 1 fully saturated rings. The number of hydrogen-bond acceptors (Lipinski definition) is 5. The molecule has 2 aromatic rings. The molecular weight excluding hydrogens is 413 g/mol. The van der Waals surface area contributed by atoms with E-state index in [1.165, 1.54) is 12.1 Å². The molecule has 0 radical (unpaired) electrons. The van der Waals surface area contributed by atoms with Crippen molar-refractivity contribution >= 4 is 27.1 Å². The highest BCUT2D eigenvalue weighted by atomic mass is 32.2. The Morgan fingerprint density at radius 2 is 1.93 bits per heavy atom. The van der Waals surface area contributed by atoms with Crippen LogP contribution in [0, 0.1) is 6.92 Å². The lowest BCUT2D eigenvalue weighted by molar-refractivity contribution is -0.137. The molecule has 3 rings (SSSR count). The number of rotatable bonds is 4. The first-order valence-corrected chi connectivity index (χ1v) is 11.3. The number of thiazole rings is 1. The molecule has 1 atom stereocenters. The van der Waals surface area contributed by atoms with E-state index in [0.717, 1.165) is 23.5 Å². The molecule has 1 saturated heterocycles. The lowest BCUT2D eigenvalue weighted by Gasteiger charge is -2.26. The van der Waals surface area contributed by atoms with Gasteiger partial charge >= 0.3 is 6.18 Å². The fourth-order valence-corrected chi connectivity index (χ4v) is 6.00. The molecule has 10 heteroatoms. The molecule has 0 N–H and O–H groups in total. The fraction of sp³-hybridized carbons (Fsp3) is 0.444. The first kappa shape index (κ1) is 20.8. The Kier molecular flexibility index (Phi) is 5.55. The maximum absolute atomic E-state index is 13.0. The van der Waals surface area contributed by atoms with Gasteiger partial charge in [0.05, 0.1) is 22.8 Å². The molecule has 2 heterocycles. The molecule has 1 amide bonds. The summed E-state index contributed by atoms with van der Waals surface area (Å²) in [6.45, 7) is 3.82. The van der Waals surface area contributed by atoms with Crippen LogP contribution in [0.25, 0.3) is 10.6 Å². The Balaban J connectivity index is 1.86. The van der Waals surface area contributed by atoms with Crippen LogP contribution in [0.15, 0.2) is 24.3 Å². The second-order valence-corrected chi connectivity index (χ2v) is 9.88. The van der Waals surface area contributed by atoms with Crippen molar-refractivity contribution < 1.29 is 26.4 Å². The van der Waals surface area contributed by atoms with E-state index in [2.05, 4.69) is 4.98 Å². The first-order chi connectivity index (χ1) is 13.0. The summed E-state index contributed by atoms with van der Waals surface area (Å²) in [5, 5.41) is 0.449. The summed E-state index contributed by atoms with van der Waals surface area (Å²) in [6, 6.07) is 4.26. The molecule has 1 aromatic heterocycles.